The number of nitrogens with one attached hydrogen (secondary N) is 1. The van der Waals surface area contributed by atoms with E-state index in [-0.39, 0.29) is 6.04 Å². The van der Waals surface area contributed by atoms with Crippen LogP contribution < -0.4 is 5.32 Å². The average Bonchev–Trinajstić information content (AvgIpc) is 2.28. The lowest BCUT2D eigenvalue weighted by molar-refractivity contribution is 0.601. The molecule has 1 aromatic rings. The number of hydrogen-bond donors (Lipinski definition) is 1. The second-order valence-corrected chi connectivity index (χ2v) is 5.55. The lowest BCUT2D eigenvalue weighted by Crippen LogP contribution is -2.21. The molecule has 92 valence electrons. The summed E-state index contributed by atoms with van der Waals surface area (Å²) in [6, 6.07) is 5.79. The summed E-state index contributed by atoms with van der Waals surface area (Å²) in [5, 5.41) is 4.77. The Morgan fingerprint density at radius 2 is 2.24 bits per heavy atom. The van der Waals surface area contributed by atoms with E-state index >= 15 is 0 Å². The standard InChI is InChI=1S/C13H15Cl2NS/c1-3-7-17-8-6-16-10(2)12-5-4-11(14)9-13(12)15/h1,4-5,9-10,16H,6-8H2,2H3. The number of halogens is 2. The van der Waals surface area contributed by atoms with Crippen molar-refractivity contribution in [3.63, 3.8) is 0 Å². The summed E-state index contributed by atoms with van der Waals surface area (Å²) in [6.45, 7) is 2.99. The zero-order valence-corrected chi connectivity index (χ0v) is 12.0. The summed E-state index contributed by atoms with van der Waals surface area (Å²) in [6.07, 6.45) is 5.17. The van der Waals surface area contributed by atoms with E-state index in [1.165, 1.54) is 0 Å². The molecule has 0 saturated carbocycles. The normalized spacial score (nSPS) is 12.1. The first-order valence-corrected chi connectivity index (χ1v) is 7.25. The van der Waals surface area contributed by atoms with Crippen molar-refractivity contribution in [2.75, 3.05) is 18.1 Å². The fraction of sp³-hybridized carbons (Fsp3) is 0.385. The van der Waals surface area contributed by atoms with E-state index in [4.69, 9.17) is 29.6 Å². The molecular weight excluding hydrogens is 273 g/mol. The minimum Gasteiger partial charge on any atom is -0.309 e. The van der Waals surface area contributed by atoms with Crippen LogP contribution in [0.3, 0.4) is 0 Å². The summed E-state index contributed by atoms with van der Waals surface area (Å²) in [5.41, 5.74) is 1.07. The molecule has 1 atom stereocenters. The molecule has 0 radical (unpaired) electrons. The summed E-state index contributed by atoms with van der Waals surface area (Å²) in [5.74, 6) is 4.36. The fourth-order valence-electron chi connectivity index (χ4n) is 1.44. The van der Waals surface area contributed by atoms with Crippen LogP contribution in [0.4, 0.5) is 0 Å². The van der Waals surface area contributed by atoms with Crippen LogP contribution in [-0.4, -0.2) is 18.1 Å². The summed E-state index contributed by atoms with van der Waals surface area (Å²) in [7, 11) is 0. The van der Waals surface area contributed by atoms with Crippen molar-refractivity contribution < 1.29 is 0 Å². The molecule has 0 heterocycles. The van der Waals surface area contributed by atoms with Crippen LogP contribution >= 0.6 is 35.0 Å². The zero-order chi connectivity index (χ0) is 12.7. The van der Waals surface area contributed by atoms with E-state index in [9.17, 15) is 0 Å². The number of benzene rings is 1. The summed E-state index contributed by atoms with van der Waals surface area (Å²) < 4.78 is 0. The zero-order valence-electron chi connectivity index (χ0n) is 9.67. The van der Waals surface area contributed by atoms with Crippen molar-refractivity contribution in [2.24, 2.45) is 0 Å². The topological polar surface area (TPSA) is 12.0 Å². The molecule has 0 aromatic heterocycles. The summed E-state index contributed by atoms with van der Waals surface area (Å²) >= 11 is 13.7. The van der Waals surface area contributed by atoms with Gasteiger partial charge in [0, 0.05) is 28.4 Å². The largest absolute Gasteiger partial charge is 0.309 e. The Morgan fingerprint density at radius 3 is 2.88 bits per heavy atom. The minimum absolute atomic E-state index is 0.214. The van der Waals surface area contributed by atoms with Crippen LogP contribution in [-0.2, 0) is 0 Å². The Balaban J connectivity index is 2.42. The Labute approximate surface area is 117 Å². The number of terminal acetylenes is 1. The first kappa shape index (κ1) is 14.7. The van der Waals surface area contributed by atoms with Gasteiger partial charge in [0.05, 0.1) is 5.75 Å². The lowest BCUT2D eigenvalue weighted by Gasteiger charge is -2.15. The molecule has 1 unspecified atom stereocenters. The molecule has 0 aliphatic rings. The molecule has 1 N–H and O–H groups in total. The second-order valence-electron chi connectivity index (χ2n) is 3.60. The highest BCUT2D eigenvalue weighted by Crippen LogP contribution is 2.25. The van der Waals surface area contributed by atoms with Gasteiger partial charge in [0.1, 0.15) is 0 Å². The number of thioether (sulfide) groups is 1. The molecule has 0 fully saturated rings. The monoisotopic (exact) mass is 287 g/mol. The molecular formula is C13H15Cl2NS. The third-order valence-corrected chi connectivity index (χ3v) is 3.74. The van der Waals surface area contributed by atoms with E-state index in [1.807, 2.05) is 12.1 Å². The smallest absolute Gasteiger partial charge is 0.0545 e. The second kappa shape index (κ2) is 7.89. The van der Waals surface area contributed by atoms with E-state index in [1.54, 1.807) is 17.8 Å². The van der Waals surface area contributed by atoms with Gasteiger partial charge in [-0.3, -0.25) is 0 Å². The van der Waals surface area contributed by atoms with Crippen molar-refractivity contribution in [3.8, 4) is 12.3 Å². The van der Waals surface area contributed by atoms with E-state index < -0.39 is 0 Å². The van der Waals surface area contributed by atoms with Gasteiger partial charge < -0.3 is 5.32 Å². The predicted octanol–water partition coefficient (Wildman–Crippen LogP) is 4.01. The number of rotatable bonds is 6. The van der Waals surface area contributed by atoms with E-state index in [0.717, 1.165) is 23.6 Å². The van der Waals surface area contributed by atoms with Gasteiger partial charge in [0.2, 0.25) is 0 Å². The van der Waals surface area contributed by atoms with Crippen LogP contribution in [0.25, 0.3) is 0 Å². The van der Waals surface area contributed by atoms with Crippen molar-refractivity contribution in [1.82, 2.24) is 5.32 Å². The van der Waals surface area contributed by atoms with Crippen molar-refractivity contribution in [3.05, 3.63) is 33.8 Å². The van der Waals surface area contributed by atoms with Crippen molar-refractivity contribution >= 4 is 35.0 Å². The highest BCUT2D eigenvalue weighted by molar-refractivity contribution is 7.99. The molecule has 0 spiro atoms. The van der Waals surface area contributed by atoms with E-state index in [2.05, 4.69) is 18.2 Å². The van der Waals surface area contributed by atoms with Crippen LogP contribution in [0.15, 0.2) is 18.2 Å². The number of hydrogen-bond acceptors (Lipinski definition) is 2. The van der Waals surface area contributed by atoms with Gasteiger partial charge >= 0.3 is 0 Å². The van der Waals surface area contributed by atoms with Crippen LogP contribution in [0, 0.1) is 12.3 Å². The third-order valence-electron chi connectivity index (χ3n) is 2.31. The van der Waals surface area contributed by atoms with E-state index in [0.29, 0.717) is 10.0 Å². The molecule has 0 saturated heterocycles. The van der Waals surface area contributed by atoms with Crippen LogP contribution in [0.1, 0.15) is 18.5 Å². The van der Waals surface area contributed by atoms with Crippen LogP contribution in [0.5, 0.6) is 0 Å². The molecule has 0 bridgehead atoms. The van der Waals surface area contributed by atoms with Crippen molar-refractivity contribution in [1.29, 1.82) is 0 Å². The predicted molar refractivity (Wildman–Crippen MR) is 79.0 cm³/mol. The lowest BCUT2D eigenvalue weighted by atomic mass is 10.1. The SMILES string of the molecule is C#CCSCCNC(C)c1ccc(Cl)cc1Cl. The molecule has 1 nitrogen and oxygen atoms in total. The average molecular weight is 288 g/mol. The summed E-state index contributed by atoms with van der Waals surface area (Å²) in [4.78, 5) is 0. The maximum Gasteiger partial charge on any atom is 0.0545 e. The Kier molecular flexibility index (Phi) is 6.84. The highest BCUT2D eigenvalue weighted by Gasteiger charge is 2.08. The highest BCUT2D eigenvalue weighted by atomic mass is 35.5. The van der Waals surface area contributed by atoms with Gasteiger partial charge in [-0.1, -0.05) is 35.2 Å². The molecule has 17 heavy (non-hydrogen) atoms. The molecule has 0 amide bonds. The Bertz CT molecular complexity index is 401. The first-order valence-electron chi connectivity index (χ1n) is 5.34. The van der Waals surface area contributed by atoms with Gasteiger partial charge in [0.15, 0.2) is 0 Å². The Morgan fingerprint density at radius 1 is 1.47 bits per heavy atom. The Hall–Kier alpha value is -0.330. The molecule has 0 aliphatic heterocycles. The quantitative estimate of drug-likeness (QED) is 0.627. The van der Waals surface area contributed by atoms with Gasteiger partial charge in [-0.15, -0.1) is 18.2 Å². The molecule has 0 aliphatic carbocycles. The van der Waals surface area contributed by atoms with Gasteiger partial charge in [0.25, 0.3) is 0 Å². The van der Waals surface area contributed by atoms with Gasteiger partial charge in [-0.25, -0.2) is 0 Å². The molecule has 1 rings (SSSR count). The fourth-order valence-corrected chi connectivity index (χ4v) is 2.54. The van der Waals surface area contributed by atoms with Gasteiger partial charge in [-0.2, -0.15) is 0 Å². The van der Waals surface area contributed by atoms with Crippen molar-refractivity contribution in [2.45, 2.75) is 13.0 Å². The maximum absolute atomic E-state index is 6.13. The first-order chi connectivity index (χ1) is 8.15. The minimum atomic E-state index is 0.214. The molecule has 1 aromatic carbocycles. The van der Waals surface area contributed by atoms with Gasteiger partial charge in [-0.05, 0) is 24.6 Å². The maximum atomic E-state index is 6.13. The molecule has 4 heteroatoms. The van der Waals surface area contributed by atoms with Crippen LogP contribution in [0.2, 0.25) is 10.0 Å². The third kappa shape index (κ3) is 5.23.